The van der Waals surface area contributed by atoms with Crippen molar-refractivity contribution in [2.45, 2.75) is 0 Å². The quantitative estimate of drug-likeness (QED) is 0.166. The van der Waals surface area contributed by atoms with E-state index in [2.05, 4.69) is 211 Å². The van der Waals surface area contributed by atoms with Gasteiger partial charge in [-0.25, -0.2) is 0 Å². The Morgan fingerprint density at radius 1 is 0.315 bits per heavy atom. The van der Waals surface area contributed by atoms with Crippen molar-refractivity contribution in [3.63, 3.8) is 0 Å². The summed E-state index contributed by atoms with van der Waals surface area (Å²) in [7, 11) is 0. The van der Waals surface area contributed by atoms with E-state index in [1.165, 1.54) is 32.7 Å². The maximum atomic E-state index is 6.68. The first-order chi connectivity index (χ1) is 26.8. The van der Waals surface area contributed by atoms with Gasteiger partial charge >= 0.3 is 0 Å². The van der Waals surface area contributed by atoms with Crippen molar-refractivity contribution in [1.29, 1.82) is 0 Å². The Labute approximate surface area is 314 Å². The van der Waals surface area contributed by atoms with Crippen LogP contribution in [-0.2, 0) is 0 Å². The van der Waals surface area contributed by atoms with E-state index in [1.54, 1.807) is 0 Å². The highest BCUT2D eigenvalue weighted by Crippen LogP contribution is 2.45. The van der Waals surface area contributed by atoms with Crippen LogP contribution in [-0.4, -0.2) is 0 Å². The van der Waals surface area contributed by atoms with Crippen LogP contribution in [0, 0.1) is 0 Å². The molecule has 1 heterocycles. The van der Waals surface area contributed by atoms with E-state index in [1.807, 2.05) is 6.07 Å². The molecule has 10 aromatic rings. The standard InChI is InChI=1S/C52H35NO/c1-2-16-40(17-3-1)51-48-24-10-11-27-50(48)54-52(51)47-23-9-8-21-45(47)39-30-34-42(35-31-39)53(49-26-13-19-37-15-5-7-22-46(37)49)41-32-28-38(29-33-41)44-25-12-18-36-14-4-6-20-43(36)44/h1-35H. The molecule has 0 spiro atoms. The molecule has 0 amide bonds. The molecular formula is C52H35NO. The number of para-hydroxylation sites is 1. The number of nitrogens with zero attached hydrogens (tertiary/aromatic N) is 1. The van der Waals surface area contributed by atoms with Crippen molar-refractivity contribution in [3.05, 3.63) is 212 Å². The smallest absolute Gasteiger partial charge is 0.143 e. The van der Waals surface area contributed by atoms with Crippen LogP contribution in [0.2, 0.25) is 0 Å². The molecule has 9 aromatic carbocycles. The van der Waals surface area contributed by atoms with Crippen molar-refractivity contribution in [1.82, 2.24) is 0 Å². The van der Waals surface area contributed by atoms with E-state index in [4.69, 9.17) is 4.42 Å². The fraction of sp³-hybridized carbons (Fsp3) is 0. The van der Waals surface area contributed by atoms with Gasteiger partial charge in [0.1, 0.15) is 11.3 Å². The highest BCUT2D eigenvalue weighted by molar-refractivity contribution is 6.04. The molecule has 0 bridgehead atoms. The number of rotatable bonds is 7. The average molecular weight is 690 g/mol. The van der Waals surface area contributed by atoms with Crippen LogP contribution in [0.5, 0.6) is 0 Å². The van der Waals surface area contributed by atoms with Crippen LogP contribution in [0.25, 0.3) is 77.2 Å². The van der Waals surface area contributed by atoms with Crippen LogP contribution in [0.4, 0.5) is 17.1 Å². The predicted molar refractivity (Wildman–Crippen MR) is 228 cm³/mol. The zero-order valence-corrected chi connectivity index (χ0v) is 29.6. The minimum Gasteiger partial charge on any atom is -0.455 e. The molecule has 0 aliphatic rings. The molecule has 0 unspecified atom stereocenters. The Bertz CT molecular complexity index is 2910. The summed E-state index contributed by atoms with van der Waals surface area (Å²) in [5.74, 6) is 0.880. The first-order valence-corrected chi connectivity index (χ1v) is 18.4. The highest BCUT2D eigenvalue weighted by Gasteiger charge is 2.21. The van der Waals surface area contributed by atoms with Crippen molar-refractivity contribution >= 4 is 49.6 Å². The van der Waals surface area contributed by atoms with Gasteiger partial charge in [0.15, 0.2) is 0 Å². The van der Waals surface area contributed by atoms with Crippen LogP contribution in [0.1, 0.15) is 0 Å². The molecule has 10 rings (SSSR count). The van der Waals surface area contributed by atoms with Gasteiger partial charge in [0.25, 0.3) is 0 Å². The minimum absolute atomic E-state index is 0.880. The first-order valence-electron chi connectivity index (χ1n) is 18.4. The molecule has 0 aliphatic carbocycles. The van der Waals surface area contributed by atoms with Gasteiger partial charge in [-0.1, -0.05) is 176 Å². The van der Waals surface area contributed by atoms with E-state index in [9.17, 15) is 0 Å². The summed E-state index contributed by atoms with van der Waals surface area (Å²) in [6.07, 6.45) is 0. The minimum atomic E-state index is 0.880. The summed E-state index contributed by atoms with van der Waals surface area (Å²) >= 11 is 0. The largest absolute Gasteiger partial charge is 0.455 e. The summed E-state index contributed by atoms with van der Waals surface area (Å²) in [6, 6.07) is 75.7. The average Bonchev–Trinajstić information content (AvgIpc) is 3.64. The number of furan rings is 1. The number of hydrogen-bond acceptors (Lipinski definition) is 2. The maximum Gasteiger partial charge on any atom is 0.143 e. The molecule has 254 valence electrons. The van der Waals surface area contributed by atoms with Crippen molar-refractivity contribution in [3.8, 4) is 44.7 Å². The molecule has 0 saturated heterocycles. The second kappa shape index (κ2) is 13.4. The molecule has 2 nitrogen and oxygen atoms in total. The molecule has 0 atom stereocenters. The lowest BCUT2D eigenvalue weighted by molar-refractivity contribution is 0.632. The molecule has 0 fully saturated rings. The van der Waals surface area contributed by atoms with Gasteiger partial charge in [0, 0.05) is 33.3 Å². The van der Waals surface area contributed by atoms with Gasteiger partial charge in [0.05, 0.1) is 5.69 Å². The van der Waals surface area contributed by atoms with Crippen LogP contribution in [0.15, 0.2) is 217 Å². The number of anilines is 3. The van der Waals surface area contributed by atoms with E-state index in [0.29, 0.717) is 0 Å². The molecule has 1 aromatic heterocycles. The fourth-order valence-electron chi connectivity index (χ4n) is 7.95. The molecule has 0 aliphatic heterocycles. The highest BCUT2D eigenvalue weighted by atomic mass is 16.3. The van der Waals surface area contributed by atoms with E-state index in [0.717, 1.165) is 61.6 Å². The summed E-state index contributed by atoms with van der Waals surface area (Å²) in [5.41, 5.74) is 12.2. The lowest BCUT2D eigenvalue weighted by Gasteiger charge is -2.27. The second-order valence-corrected chi connectivity index (χ2v) is 13.7. The molecule has 54 heavy (non-hydrogen) atoms. The normalized spacial score (nSPS) is 11.3. The number of hydrogen-bond donors (Lipinski definition) is 0. The van der Waals surface area contributed by atoms with Crippen molar-refractivity contribution in [2.75, 3.05) is 4.90 Å². The Morgan fingerprint density at radius 3 is 1.54 bits per heavy atom. The SMILES string of the molecule is c1ccc(-c2c(-c3ccccc3-c3ccc(N(c4ccc(-c5cccc6ccccc56)cc4)c4cccc5ccccc45)cc3)oc3ccccc23)cc1. The lowest BCUT2D eigenvalue weighted by Crippen LogP contribution is -2.10. The summed E-state index contributed by atoms with van der Waals surface area (Å²) in [4.78, 5) is 2.37. The lowest BCUT2D eigenvalue weighted by atomic mass is 9.93. The molecule has 0 radical (unpaired) electrons. The van der Waals surface area contributed by atoms with Gasteiger partial charge in [-0.05, 0) is 80.4 Å². The van der Waals surface area contributed by atoms with Gasteiger partial charge in [-0.2, -0.15) is 0 Å². The molecule has 0 N–H and O–H groups in total. The Balaban J connectivity index is 1.09. The first kappa shape index (κ1) is 31.6. The van der Waals surface area contributed by atoms with E-state index >= 15 is 0 Å². The zero-order chi connectivity index (χ0) is 35.8. The zero-order valence-electron chi connectivity index (χ0n) is 29.6. The third-order valence-corrected chi connectivity index (χ3v) is 10.5. The van der Waals surface area contributed by atoms with Gasteiger partial charge in [0.2, 0.25) is 0 Å². The van der Waals surface area contributed by atoms with Gasteiger partial charge in [-0.3, -0.25) is 0 Å². The Morgan fingerprint density at radius 2 is 0.815 bits per heavy atom. The van der Waals surface area contributed by atoms with Crippen molar-refractivity contribution in [2.24, 2.45) is 0 Å². The maximum absolute atomic E-state index is 6.68. The van der Waals surface area contributed by atoms with E-state index < -0.39 is 0 Å². The molecule has 2 heteroatoms. The summed E-state index contributed by atoms with van der Waals surface area (Å²) in [6.45, 7) is 0. The summed E-state index contributed by atoms with van der Waals surface area (Å²) < 4.78 is 6.68. The monoisotopic (exact) mass is 689 g/mol. The number of benzene rings is 9. The summed E-state index contributed by atoms with van der Waals surface area (Å²) in [5, 5.41) is 6.02. The van der Waals surface area contributed by atoms with Crippen LogP contribution >= 0.6 is 0 Å². The van der Waals surface area contributed by atoms with Crippen molar-refractivity contribution < 1.29 is 4.42 Å². The fourth-order valence-corrected chi connectivity index (χ4v) is 7.95. The van der Waals surface area contributed by atoms with Crippen LogP contribution < -0.4 is 4.90 Å². The molecular weight excluding hydrogens is 655 g/mol. The van der Waals surface area contributed by atoms with E-state index in [-0.39, 0.29) is 0 Å². The van der Waals surface area contributed by atoms with Crippen LogP contribution in [0.3, 0.4) is 0 Å². The van der Waals surface area contributed by atoms with Gasteiger partial charge < -0.3 is 9.32 Å². The molecule has 0 saturated carbocycles. The topological polar surface area (TPSA) is 16.4 Å². The number of fused-ring (bicyclic) bond motifs is 3. The second-order valence-electron chi connectivity index (χ2n) is 13.7. The van der Waals surface area contributed by atoms with Gasteiger partial charge in [-0.15, -0.1) is 0 Å². The Kier molecular flexibility index (Phi) is 7.85. The Hall–Kier alpha value is -7.16. The third kappa shape index (κ3) is 5.53. The third-order valence-electron chi connectivity index (χ3n) is 10.5. The predicted octanol–water partition coefficient (Wildman–Crippen LogP) is 14.9.